The first-order valence-corrected chi connectivity index (χ1v) is 4.20. The molecule has 0 spiro atoms. The van der Waals surface area contributed by atoms with E-state index in [9.17, 15) is 4.79 Å². The molecule has 0 aromatic rings. The van der Waals surface area contributed by atoms with Crippen LogP contribution in [0.2, 0.25) is 0 Å². The van der Waals surface area contributed by atoms with E-state index in [1.807, 2.05) is 0 Å². The second-order valence-electron chi connectivity index (χ2n) is 3.41. The van der Waals surface area contributed by atoms with Gasteiger partial charge in [-0.25, -0.2) is 0 Å². The standard InChI is InChI=1S/C8H16N2O/c1-2-5-3-6(5)4-7(9)8(10)11/h5-7H,2-4,9H2,1H3,(H2,10,11)/t5-,6+,7?/m1/s1. The van der Waals surface area contributed by atoms with Crippen molar-refractivity contribution in [2.45, 2.75) is 32.2 Å². The van der Waals surface area contributed by atoms with Gasteiger partial charge in [0.1, 0.15) is 0 Å². The summed E-state index contributed by atoms with van der Waals surface area (Å²) in [6, 6.07) is -0.420. The van der Waals surface area contributed by atoms with Gasteiger partial charge in [0, 0.05) is 0 Å². The lowest BCUT2D eigenvalue weighted by Crippen LogP contribution is -2.36. The minimum Gasteiger partial charge on any atom is -0.368 e. The second-order valence-corrected chi connectivity index (χ2v) is 3.41. The fraction of sp³-hybridized carbons (Fsp3) is 0.875. The first-order chi connectivity index (χ1) is 5.15. The van der Waals surface area contributed by atoms with Crippen LogP contribution < -0.4 is 11.5 Å². The Hall–Kier alpha value is -0.570. The smallest absolute Gasteiger partial charge is 0.234 e. The predicted octanol–water partition coefficient (Wildman–Crippen LogP) is 0.235. The summed E-state index contributed by atoms with van der Waals surface area (Å²) in [5, 5.41) is 0. The summed E-state index contributed by atoms with van der Waals surface area (Å²) in [4.78, 5) is 10.6. The van der Waals surface area contributed by atoms with Crippen molar-refractivity contribution >= 4 is 5.91 Å². The van der Waals surface area contributed by atoms with Gasteiger partial charge in [0.15, 0.2) is 0 Å². The fourth-order valence-electron chi connectivity index (χ4n) is 1.54. The molecular weight excluding hydrogens is 140 g/mol. The third kappa shape index (κ3) is 2.19. The Morgan fingerprint density at radius 3 is 2.64 bits per heavy atom. The Balaban J connectivity index is 2.18. The lowest BCUT2D eigenvalue weighted by Gasteiger charge is -2.04. The number of carbonyl (C=O) groups excluding carboxylic acids is 1. The van der Waals surface area contributed by atoms with Crippen LogP contribution in [0.3, 0.4) is 0 Å². The van der Waals surface area contributed by atoms with Crippen molar-refractivity contribution in [3.8, 4) is 0 Å². The summed E-state index contributed by atoms with van der Waals surface area (Å²) >= 11 is 0. The number of hydrogen-bond acceptors (Lipinski definition) is 2. The highest BCUT2D eigenvalue weighted by Crippen LogP contribution is 2.43. The molecule has 0 heterocycles. The maximum absolute atomic E-state index is 10.6. The van der Waals surface area contributed by atoms with E-state index in [4.69, 9.17) is 11.5 Å². The van der Waals surface area contributed by atoms with Gasteiger partial charge in [-0.1, -0.05) is 13.3 Å². The van der Waals surface area contributed by atoms with Crippen LogP contribution in [0.25, 0.3) is 0 Å². The molecule has 1 fully saturated rings. The molecule has 0 radical (unpaired) electrons. The van der Waals surface area contributed by atoms with Gasteiger partial charge < -0.3 is 11.5 Å². The minimum atomic E-state index is -0.420. The Morgan fingerprint density at radius 2 is 2.27 bits per heavy atom. The highest BCUT2D eigenvalue weighted by molar-refractivity contribution is 5.79. The molecule has 1 saturated carbocycles. The first-order valence-electron chi connectivity index (χ1n) is 4.20. The quantitative estimate of drug-likeness (QED) is 0.612. The topological polar surface area (TPSA) is 69.1 Å². The van der Waals surface area contributed by atoms with Crippen molar-refractivity contribution < 1.29 is 4.79 Å². The molecule has 1 amide bonds. The van der Waals surface area contributed by atoms with Crippen LogP contribution in [0.1, 0.15) is 26.2 Å². The third-order valence-electron chi connectivity index (χ3n) is 2.52. The SMILES string of the molecule is CC[C@@H]1C[C@H]1CC(N)C(N)=O. The van der Waals surface area contributed by atoms with Crippen LogP contribution in [0.4, 0.5) is 0 Å². The van der Waals surface area contributed by atoms with E-state index in [0.717, 1.165) is 12.3 Å². The highest BCUT2D eigenvalue weighted by atomic mass is 16.1. The van der Waals surface area contributed by atoms with Crippen molar-refractivity contribution in [1.82, 2.24) is 0 Å². The van der Waals surface area contributed by atoms with Gasteiger partial charge in [0.25, 0.3) is 0 Å². The van der Waals surface area contributed by atoms with Crippen LogP contribution in [0, 0.1) is 11.8 Å². The van der Waals surface area contributed by atoms with E-state index >= 15 is 0 Å². The lowest BCUT2D eigenvalue weighted by molar-refractivity contribution is -0.119. The van der Waals surface area contributed by atoms with E-state index in [2.05, 4.69) is 6.92 Å². The molecule has 1 aliphatic rings. The van der Waals surface area contributed by atoms with Crippen molar-refractivity contribution in [3.63, 3.8) is 0 Å². The first kappa shape index (κ1) is 8.53. The molecule has 0 bridgehead atoms. The number of carbonyl (C=O) groups is 1. The van der Waals surface area contributed by atoms with Gasteiger partial charge in [-0.15, -0.1) is 0 Å². The summed E-state index contributed by atoms with van der Waals surface area (Å²) in [6.45, 7) is 2.17. The highest BCUT2D eigenvalue weighted by Gasteiger charge is 2.36. The molecule has 1 aliphatic carbocycles. The lowest BCUT2D eigenvalue weighted by atomic mass is 10.1. The van der Waals surface area contributed by atoms with E-state index in [-0.39, 0.29) is 5.91 Å². The zero-order valence-corrected chi connectivity index (χ0v) is 6.92. The van der Waals surface area contributed by atoms with Crippen LogP contribution in [0.5, 0.6) is 0 Å². The predicted molar refractivity (Wildman–Crippen MR) is 43.7 cm³/mol. The van der Waals surface area contributed by atoms with Crippen molar-refractivity contribution in [1.29, 1.82) is 0 Å². The van der Waals surface area contributed by atoms with Gasteiger partial charge in [0.2, 0.25) is 5.91 Å². The zero-order valence-electron chi connectivity index (χ0n) is 6.92. The average Bonchev–Trinajstić information content (AvgIpc) is 2.67. The van der Waals surface area contributed by atoms with E-state index in [1.165, 1.54) is 12.8 Å². The maximum atomic E-state index is 10.6. The molecule has 0 saturated heterocycles. The Morgan fingerprint density at radius 1 is 1.64 bits per heavy atom. The summed E-state index contributed by atoms with van der Waals surface area (Å²) < 4.78 is 0. The molecule has 1 unspecified atom stereocenters. The largest absolute Gasteiger partial charge is 0.368 e. The van der Waals surface area contributed by atoms with E-state index in [1.54, 1.807) is 0 Å². The fourth-order valence-corrected chi connectivity index (χ4v) is 1.54. The minimum absolute atomic E-state index is 0.369. The third-order valence-corrected chi connectivity index (χ3v) is 2.52. The second kappa shape index (κ2) is 3.22. The molecule has 0 aromatic carbocycles. The molecule has 1 rings (SSSR count). The van der Waals surface area contributed by atoms with Gasteiger partial charge in [-0.3, -0.25) is 4.79 Å². The van der Waals surface area contributed by atoms with Crippen LogP contribution in [-0.4, -0.2) is 11.9 Å². The van der Waals surface area contributed by atoms with Crippen LogP contribution in [-0.2, 0) is 4.79 Å². The van der Waals surface area contributed by atoms with Crippen molar-refractivity contribution in [2.75, 3.05) is 0 Å². The molecule has 3 heteroatoms. The Labute approximate surface area is 67.1 Å². The van der Waals surface area contributed by atoms with Gasteiger partial charge in [-0.2, -0.15) is 0 Å². The summed E-state index contributed by atoms with van der Waals surface area (Å²) in [7, 11) is 0. The van der Waals surface area contributed by atoms with E-state index < -0.39 is 6.04 Å². The summed E-state index contributed by atoms with van der Waals surface area (Å²) in [5.74, 6) is 1.11. The van der Waals surface area contributed by atoms with Crippen molar-refractivity contribution in [2.24, 2.45) is 23.3 Å². The van der Waals surface area contributed by atoms with Gasteiger partial charge >= 0.3 is 0 Å². The van der Waals surface area contributed by atoms with Crippen molar-refractivity contribution in [3.05, 3.63) is 0 Å². The van der Waals surface area contributed by atoms with Crippen LogP contribution >= 0.6 is 0 Å². The monoisotopic (exact) mass is 156 g/mol. The Kier molecular flexibility index (Phi) is 2.49. The molecule has 3 atom stereocenters. The molecule has 0 aromatic heterocycles. The summed E-state index contributed by atoms with van der Waals surface area (Å²) in [5.41, 5.74) is 10.5. The molecule has 4 N–H and O–H groups in total. The summed E-state index contributed by atoms with van der Waals surface area (Å²) in [6.07, 6.45) is 3.22. The molecular formula is C8H16N2O. The number of amides is 1. The maximum Gasteiger partial charge on any atom is 0.234 e. The average molecular weight is 156 g/mol. The van der Waals surface area contributed by atoms with Gasteiger partial charge in [-0.05, 0) is 24.7 Å². The van der Waals surface area contributed by atoms with E-state index in [0.29, 0.717) is 5.92 Å². The zero-order chi connectivity index (χ0) is 8.43. The van der Waals surface area contributed by atoms with Crippen LogP contribution in [0.15, 0.2) is 0 Å². The molecule has 64 valence electrons. The number of rotatable bonds is 4. The number of hydrogen-bond donors (Lipinski definition) is 2. The normalized spacial score (nSPS) is 31.5. The van der Waals surface area contributed by atoms with Gasteiger partial charge in [0.05, 0.1) is 6.04 Å². The Bertz CT molecular complexity index is 158. The number of nitrogens with two attached hydrogens (primary N) is 2. The molecule has 11 heavy (non-hydrogen) atoms. The number of primary amides is 1. The molecule has 3 nitrogen and oxygen atoms in total. The molecule has 0 aliphatic heterocycles.